The van der Waals surface area contributed by atoms with Crippen LogP contribution in [-0.2, 0) is 4.79 Å². The zero-order valence-electron chi connectivity index (χ0n) is 18.6. The fraction of sp³-hybridized carbons (Fsp3) is 0.259. The van der Waals surface area contributed by atoms with E-state index in [-0.39, 0.29) is 17.9 Å². The van der Waals surface area contributed by atoms with Gasteiger partial charge in [-0.2, -0.15) is 0 Å². The van der Waals surface area contributed by atoms with Crippen molar-refractivity contribution in [3.05, 3.63) is 88.9 Å². The minimum absolute atomic E-state index is 0.0481. The fourth-order valence-electron chi connectivity index (χ4n) is 4.38. The summed E-state index contributed by atoms with van der Waals surface area (Å²) in [5, 5.41) is 10.3. The van der Waals surface area contributed by atoms with Gasteiger partial charge in [0.25, 0.3) is 5.91 Å². The van der Waals surface area contributed by atoms with Gasteiger partial charge in [0.05, 0.1) is 11.1 Å². The molecule has 0 radical (unpaired) electrons. The summed E-state index contributed by atoms with van der Waals surface area (Å²) in [6.45, 7) is 4.15. The number of carboxylic acids is 1. The summed E-state index contributed by atoms with van der Waals surface area (Å²) in [4.78, 5) is 26.9. The number of carboxylic acid groups (broad SMARTS) is 1. The molecular formula is C27H26ClNO4. The van der Waals surface area contributed by atoms with E-state index in [1.54, 1.807) is 18.2 Å². The highest BCUT2D eigenvalue weighted by atomic mass is 35.5. The maximum atomic E-state index is 13.2. The molecule has 6 heteroatoms. The summed E-state index contributed by atoms with van der Waals surface area (Å²) in [6.07, 6.45) is 0.531. The molecule has 2 atom stereocenters. The standard InChI is InChI=1S/C27H26ClNO4/c1-17(2)33-24-13-12-21(16-23(24)28)26(30)29-15-14-22(25(29)27(31)32)20-10-8-19(9-11-20)18-6-4-3-5-7-18/h3-13,16-17,22,25H,14-15H2,1-2H3,(H,31,32). The Balaban J connectivity index is 1.56. The molecule has 3 aromatic rings. The van der Waals surface area contributed by atoms with Gasteiger partial charge in [0, 0.05) is 18.0 Å². The Morgan fingerprint density at radius 2 is 1.67 bits per heavy atom. The van der Waals surface area contributed by atoms with Crippen LogP contribution in [0.1, 0.15) is 42.1 Å². The molecule has 1 aliphatic rings. The van der Waals surface area contributed by atoms with E-state index < -0.39 is 12.0 Å². The smallest absolute Gasteiger partial charge is 0.327 e. The van der Waals surface area contributed by atoms with Crippen LogP contribution in [-0.4, -0.2) is 40.6 Å². The van der Waals surface area contributed by atoms with Crippen LogP contribution in [0.2, 0.25) is 5.02 Å². The average Bonchev–Trinajstić information content (AvgIpc) is 3.26. The largest absolute Gasteiger partial charge is 0.489 e. The zero-order chi connectivity index (χ0) is 23.5. The third kappa shape index (κ3) is 4.88. The van der Waals surface area contributed by atoms with Crippen molar-refractivity contribution in [2.75, 3.05) is 6.54 Å². The molecular weight excluding hydrogens is 438 g/mol. The number of ether oxygens (including phenoxy) is 1. The number of halogens is 1. The molecule has 1 aliphatic heterocycles. The lowest BCUT2D eigenvalue weighted by Crippen LogP contribution is -2.42. The number of nitrogens with zero attached hydrogens (tertiary/aromatic N) is 1. The number of carbonyl (C=O) groups is 2. The lowest BCUT2D eigenvalue weighted by atomic mass is 9.90. The molecule has 5 nitrogen and oxygen atoms in total. The van der Waals surface area contributed by atoms with E-state index in [9.17, 15) is 14.7 Å². The third-order valence-electron chi connectivity index (χ3n) is 5.90. The van der Waals surface area contributed by atoms with Gasteiger partial charge in [0.1, 0.15) is 11.8 Å². The molecule has 1 amide bonds. The molecule has 1 saturated heterocycles. The van der Waals surface area contributed by atoms with Gasteiger partial charge in [-0.05, 0) is 55.2 Å². The summed E-state index contributed by atoms with van der Waals surface area (Å²) in [6, 6.07) is 21.8. The summed E-state index contributed by atoms with van der Waals surface area (Å²) < 4.78 is 5.63. The first-order chi connectivity index (χ1) is 15.8. The highest BCUT2D eigenvalue weighted by Crippen LogP contribution is 2.36. The zero-order valence-corrected chi connectivity index (χ0v) is 19.3. The van der Waals surface area contributed by atoms with E-state index in [4.69, 9.17) is 16.3 Å². The summed E-state index contributed by atoms with van der Waals surface area (Å²) >= 11 is 6.30. The minimum Gasteiger partial charge on any atom is -0.489 e. The lowest BCUT2D eigenvalue weighted by Gasteiger charge is -2.25. The van der Waals surface area contributed by atoms with E-state index in [0.29, 0.717) is 29.3 Å². The van der Waals surface area contributed by atoms with Crippen molar-refractivity contribution in [2.45, 2.75) is 38.3 Å². The summed E-state index contributed by atoms with van der Waals surface area (Å²) in [5.74, 6) is -1.14. The second kappa shape index (κ2) is 9.67. The van der Waals surface area contributed by atoms with Crippen molar-refractivity contribution in [3.8, 4) is 16.9 Å². The van der Waals surface area contributed by atoms with Crippen LogP contribution in [0.15, 0.2) is 72.8 Å². The molecule has 1 N–H and O–H groups in total. The number of hydrogen-bond donors (Lipinski definition) is 1. The Morgan fingerprint density at radius 1 is 1.00 bits per heavy atom. The second-order valence-corrected chi connectivity index (χ2v) is 8.88. The number of aliphatic carboxylic acids is 1. The van der Waals surface area contributed by atoms with Gasteiger partial charge in [-0.1, -0.05) is 66.2 Å². The molecule has 0 spiro atoms. The molecule has 3 aromatic carbocycles. The molecule has 0 bridgehead atoms. The predicted octanol–water partition coefficient (Wildman–Crippen LogP) is 5.88. The summed E-state index contributed by atoms with van der Waals surface area (Å²) in [7, 11) is 0. The Morgan fingerprint density at radius 3 is 2.27 bits per heavy atom. The van der Waals surface area contributed by atoms with Gasteiger partial charge < -0.3 is 14.7 Å². The van der Waals surface area contributed by atoms with Gasteiger partial charge in [-0.25, -0.2) is 4.79 Å². The number of amides is 1. The Hall–Kier alpha value is -3.31. The van der Waals surface area contributed by atoms with Crippen molar-refractivity contribution >= 4 is 23.5 Å². The monoisotopic (exact) mass is 463 g/mol. The highest BCUT2D eigenvalue weighted by molar-refractivity contribution is 6.32. The van der Waals surface area contributed by atoms with Crippen molar-refractivity contribution in [2.24, 2.45) is 0 Å². The van der Waals surface area contributed by atoms with Crippen molar-refractivity contribution in [1.29, 1.82) is 0 Å². The normalized spacial score (nSPS) is 17.9. The molecule has 1 heterocycles. The predicted molar refractivity (Wildman–Crippen MR) is 129 cm³/mol. The van der Waals surface area contributed by atoms with E-state index >= 15 is 0 Å². The molecule has 0 aliphatic carbocycles. The highest BCUT2D eigenvalue weighted by Gasteiger charge is 2.43. The van der Waals surface area contributed by atoms with Crippen LogP contribution in [0.4, 0.5) is 0 Å². The number of hydrogen-bond acceptors (Lipinski definition) is 3. The Kier molecular flexibility index (Phi) is 6.70. The van der Waals surface area contributed by atoms with Gasteiger partial charge in [0.2, 0.25) is 0 Å². The van der Waals surface area contributed by atoms with Gasteiger partial charge in [-0.15, -0.1) is 0 Å². The van der Waals surface area contributed by atoms with E-state index in [1.165, 1.54) is 4.90 Å². The van der Waals surface area contributed by atoms with E-state index in [2.05, 4.69) is 0 Å². The second-order valence-electron chi connectivity index (χ2n) is 8.48. The van der Waals surface area contributed by atoms with Gasteiger partial charge >= 0.3 is 5.97 Å². The van der Waals surface area contributed by atoms with E-state index in [0.717, 1.165) is 16.7 Å². The molecule has 33 heavy (non-hydrogen) atoms. The minimum atomic E-state index is -1.01. The van der Waals surface area contributed by atoms with Crippen LogP contribution in [0, 0.1) is 0 Å². The van der Waals surface area contributed by atoms with Gasteiger partial charge in [0.15, 0.2) is 0 Å². The Labute approximate surface area is 198 Å². The van der Waals surface area contributed by atoms with Crippen LogP contribution < -0.4 is 4.74 Å². The third-order valence-corrected chi connectivity index (χ3v) is 6.19. The fourth-order valence-corrected chi connectivity index (χ4v) is 4.60. The Bertz CT molecular complexity index is 1140. The van der Waals surface area contributed by atoms with Crippen LogP contribution in [0.3, 0.4) is 0 Å². The van der Waals surface area contributed by atoms with Crippen LogP contribution in [0.25, 0.3) is 11.1 Å². The topological polar surface area (TPSA) is 66.8 Å². The number of likely N-dealkylation sites (tertiary alicyclic amines) is 1. The summed E-state index contributed by atoms with van der Waals surface area (Å²) in [5.41, 5.74) is 3.43. The number of carbonyl (C=O) groups excluding carboxylic acids is 1. The first kappa shape index (κ1) is 22.9. The number of benzene rings is 3. The van der Waals surface area contributed by atoms with Crippen LogP contribution >= 0.6 is 11.6 Å². The van der Waals surface area contributed by atoms with Gasteiger partial charge in [-0.3, -0.25) is 4.79 Å². The molecule has 170 valence electrons. The lowest BCUT2D eigenvalue weighted by molar-refractivity contribution is -0.141. The molecule has 4 rings (SSSR count). The van der Waals surface area contributed by atoms with E-state index in [1.807, 2.05) is 68.4 Å². The first-order valence-electron chi connectivity index (χ1n) is 11.0. The molecule has 2 unspecified atom stereocenters. The van der Waals surface area contributed by atoms with Crippen molar-refractivity contribution in [3.63, 3.8) is 0 Å². The van der Waals surface area contributed by atoms with Crippen molar-refractivity contribution in [1.82, 2.24) is 4.90 Å². The molecule has 0 aromatic heterocycles. The maximum Gasteiger partial charge on any atom is 0.327 e. The maximum absolute atomic E-state index is 13.2. The number of rotatable bonds is 6. The van der Waals surface area contributed by atoms with Crippen LogP contribution in [0.5, 0.6) is 5.75 Å². The van der Waals surface area contributed by atoms with Crippen molar-refractivity contribution < 1.29 is 19.4 Å². The average molecular weight is 464 g/mol. The SMILES string of the molecule is CC(C)Oc1ccc(C(=O)N2CCC(c3ccc(-c4ccccc4)cc3)C2C(=O)O)cc1Cl. The quantitative estimate of drug-likeness (QED) is 0.496. The molecule has 1 fully saturated rings. The molecule has 0 saturated carbocycles. The first-order valence-corrected chi connectivity index (χ1v) is 11.4.